The van der Waals surface area contributed by atoms with Crippen molar-refractivity contribution in [1.29, 1.82) is 0 Å². The number of piperazine rings is 1. The molecule has 2 aromatic rings. The zero-order valence-electron chi connectivity index (χ0n) is 16.5. The number of carbonyl (C=O) groups is 1. The maximum absolute atomic E-state index is 13.3. The van der Waals surface area contributed by atoms with Gasteiger partial charge in [0.2, 0.25) is 10.0 Å². The minimum atomic E-state index is -3.89. The molecule has 166 valence electrons. The van der Waals surface area contributed by atoms with Crippen molar-refractivity contribution in [1.82, 2.24) is 9.21 Å². The van der Waals surface area contributed by atoms with E-state index in [1.165, 1.54) is 21.3 Å². The average molecular weight is 472 g/mol. The molecule has 1 aliphatic heterocycles. The molecule has 0 atom stereocenters. The predicted octanol–water partition coefficient (Wildman–Crippen LogP) is 2.61. The fourth-order valence-electron chi connectivity index (χ4n) is 3.08. The number of aryl methyl sites for hydroxylation is 1. The highest BCUT2D eigenvalue weighted by Gasteiger charge is 2.31. The van der Waals surface area contributed by atoms with Crippen LogP contribution in [0.3, 0.4) is 0 Å². The van der Waals surface area contributed by atoms with Gasteiger partial charge in [0, 0.05) is 32.2 Å². The quantitative estimate of drug-likeness (QED) is 0.473. The number of ether oxygens (including phenoxy) is 1. The minimum Gasteiger partial charge on any atom is -0.477 e. The van der Waals surface area contributed by atoms with Gasteiger partial charge in [0.05, 0.1) is 14.8 Å². The van der Waals surface area contributed by atoms with Gasteiger partial charge in [-0.1, -0.05) is 17.7 Å². The van der Waals surface area contributed by atoms with Gasteiger partial charge in [-0.2, -0.15) is 4.31 Å². The highest BCUT2D eigenvalue weighted by atomic mass is 35.5. The molecule has 0 aliphatic carbocycles. The lowest BCUT2D eigenvalue weighted by Gasteiger charge is -2.34. The zero-order valence-corrected chi connectivity index (χ0v) is 18.0. The molecule has 0 N–H and O–H groups in total. The highest BCUT2D eigenvalue weighted by Crippen LogP contribution is 2.28. The van der Waals surface area contributed by atoms with Crippen LogP contribution >= 0.6 is 11.6 Å². The molecule has 1 fully saturated rings. The molecule has 3 rings (SSSR count). The fraction of sp³-hybridized carbons (Fsp3) is 0.316. The molecule has 0 aromatic heterocycles. The van der Waals surface area contributed by atoms with Gasteiger partial charge in [-0.25, -0.2) is 12.8 Å². The van der Waals surface area contributed by atoms with Gasteiger partial charge in [0.15, 0.2) is 12.4 Å². The first-order valence-electron chi connectivity index (χ1n) is 9.20. The summed E-state index contributed by atoms with van der Waals surface area (Å²) in [5, 5.41) is 10.8. The molecular weight excluding hydrogens is 453 g/mol. The topological polar surface area (TPSA) is 110 Å². The molecule has 31 heavy (non-hydrogen) atoms. The van der Waals surface area contributed by atoms with Crippen LogP contribution in [0.15, 0.2) is 41.3 Å². The fourth-order valence-corrected chi connectivity index (χ4v) is 4.78. The van der Waals surface area contributed by atoms with Crippen LogP contribution in [-0.4, -0.2) is 61.2 Å². The van der Waals surface area contributed by atoms with Crippen molar-refractivity contribution in [3.05, 3.63) is 62.9 Å². The molecule has 12 heteroatoms. The predicted molar refractivity (Wildman–Crippen MR) is 110 cm³/mol. The number of hydrogen-bond acceptors (Lipinski definition) is 6. The molecule has 0 saturated carbocycles. The van der Waals surface area contributed by atoms with E-state index in [0.29, 0.717) is 0 Å². The largest absolute Gasteiger partial charge is 0.477 e. The summed E-state index contributed by atoms with van der Waals surface area (Å²) >= 11 is 5.68. The summed E-state index contributed by atoms with van der Waals surface area (Å²) in [6.07, 6.45) is 0. The lowest BCUT2D eigenvalue weighted by molar-refractivity contribution is -0.385. The summed E-state index contributed by atoms with van der Waals surface area (Å²) < 4.78 is 45.3. The standard InChI is InChI=1S/C19H19ClFN3O6S/c1-13-2-5-17(24(26)27)18(10-13)30-12-19(25)22-6-8-23(9-7-22)31(28,29)14-3-4-16(21)15(20)11-14/h2-5,10-11H,6-9,12H2,1H3. The Labute approximate surface area is 183 Å². The van der Waals surface area contributed by atoms with Crippen LogP contribution in [0.5, 0.6) is 5.75 Å². The number of rotatable bonds is 6. The molecule has 1 heterocycles. The van der Waals surface area contributed by atoms with Crippen LogP contribution in [0.2, 0.25) is 5.02 Å². The molecule has 0 spiro atoms. The van der Waals surface area contributed by atoms with E-state index >= 15 is 0 Å². The normalized spacial score (nSPS) is 15.0. The van der Waals surface area contributed by atoms with E-state index in [2.05, 4.69) is 0 Å². The van der Waals surface area contributed by atoms with Crippen LogP contribution < -0.4 is 4.74 Å². The van der Waals surface area contributed by atoms with E-state index in [0.717, 1.165) is 23.8 Å². The number of amides is 1. The van der Waals surface area contributed by atoms with Crippen molar-refractivity contribution in [3.8, 4) is 5.75 Å². The molecule has 0 bridgehead atoms. The van der Waals surface area contributed by atoms with E-state index in [9.17, 15) is 27.7 Å². The molecule has 1 amide bonds. The Hall–Kier alpha value is -2.76. The van der Waals surface area contributed by atoms with Crippen molar-refractivity contribution in [2.75, 3.05) is 32.8 Å². The van der Waals surface area contributed by atoms with Crippen LogP contribution in [0, 0.1) is 22.9 Å². The maximum Gasteiger partial charge on any atom is 0.310 e. The van der Waals surface area contributed by atoms with E-state index in [4.69, 9.17) is 16.3 Å². The van der Waals surface area contributed by atoms with Crippen molar-refractivity contribution >= 4 is 33.2 Å². The molecular formula is C19H19ClFN3O6S. The third-order valence-corrected chi connectivity index (χ3v) is 6.97. The number of sulfonamides is 1. The van der Waals surface area contributed by atoms with Gasteiger partial charge >= 0.3 is 5.69 Å². The Kier molecular flexibility index (Phi) is 6.77. The third-order valence-electron chi connectivity index (χ3n) is 4.78. The lowest BCUT2D eigenvalue weighted by Crippen LogP contribution is -2.51. The SMILES string of the molecule is Cc1ccc([N+](=O)[O-])c(OCC(=O)N2CCN(S(=O)(=O)c3ccc(F)c(Cl)c3)CC2)c1. The number of benzene rings is 2. The molecule has 2 aromatic carbocycles. The summed E-state index contributed by atoms with van der Waals surface area (Å²) in [5.41, 5.74) is 0.500. The summed E-state index contributed by atoms with van der Waals surface area (Å²) in [7, 11) is -3.89. The number of nitro groups is 1. The Morgan fingerprint density at radius 3 is 2.48 bits per heavy atom. The second-order valence-electron chi connectivity index (χ2n) is 6.88. The second-order valence-corrected chi connectivity index (χ2v) is 9.22. The Morgan fingerprint density at radius 1 is 1.19 bits per heavy atom. The molecule has 1 saturated heterocycles. The van der Waals surface area contributed by atoms with Gasteiger partial charge < -0.3 is 9.64 Å². The number of hydrogen-bond donors (Lipinski definition) is 0. The van der Waals surface area contributed by atoms with E-state index in [-0.39, 0.29) is 47.5 Å². The highest BCUT2D eigenvalue weighted by molar-refractivity contribution is 7.89. The number of halogens is 2. The van der Waals surface area contributed by atoms with Crippen LogP contribution in [-0.2, 0) is 14.8 Å². The minimum absolute atomic E-state index is 0.00671. The van der Waals surface area contributed by atoms with E-state index in [1.54, 1.807) is 13.0 Å². The van der Waals surface area contributed by atoms with Gasteiger partial charge in [-0.3, -0.25) is 14.9 Å². The Balaban J connectivity index is 1.61. The van der Waals surface area contributed by atoms with E-state index in [1.807, 2.05) is 0 Å². The first-order chi connectivity index (χ1) is 14.6. The van der Waals surface area contributed by atoms with Gasteiger partial charge in [0.25, 0.3) is 5.91 Å². The van der Waals surface area contributed by atoms with Gasteiger partial charge in [-0.05, 0) is 36.8 Å². The van der Waals surface area contributed by atoms with Crippen molar-refractivity contribution in [3.63, 3.8) is 0 Å². The summed E-state index contributed by atoms with van der Waals surface area (Å²) in [5.74, 6) is -1.14. The summed E-state index contributed by atoms with van der Waals surface area (Å²) in [6, 6.07) is 7.52. The van der Waals surface area contributed by atoms with E-state index < -0.39 is 33.3 Å². The van der Waals surface area contributed by atoms with Crippen LogP contribution in [0.25, 0.3) is 0 Å². The second kappa shape index (κ2) is 9.16. The number of carbonyl (C=O) groups excluding carboxylic acids is 1. The first kappa shape index (κ1) is 22.9. The molecule has 1 aliphatic rings. The van der Waals surface area contributed by atoms with Gasteiger partial charge in [0.1, 0.15) is 5.82 Å². The Bertz CT molecular complexity index is 1120. The smallest absolute Gasteiger partial charge is 0.310 e. The number of nitro benzene ring substituents is 1. The number of nitrogens with zero attached hydrogens (tertiary/aromatic N) is 3. The Morgan fingerprint density at radius 2 is 1.87 bits per heavy atom. The zero-order chi connectivity index (χ0) is 22.8. The van der Waals surface area contributed by atoms with Crippen molar-refractivity contribution in [2.45, 2.75) is 11.8 Å². The van der Waals surface area contributed by atoms with Gasteiger partial charge in [-0.15, -0.1) is 0 Å². The molecule has 0 unspecified atom stereocenters. The third kappa shape index (κ3) is 5.12. The van der Waals surface area contributed by atoms with Crippen LogP contribution in [0.4, 0.5) is 10.1 Å². The first-order valence-corrected chi connectivity index (χ1v) is 11.0. The molecule has 9 nitrogen and oxygen atoms in total. The monoisotopic (exact) mass is 471 g/mol. The lowest BCUT2D eigenvalue weighted by atomic mass is 10.2. The summed E-state index contributed by atoms with van der Waals surface area (Å²) in [4.78, 5) is 24.3. The van der Waals surface area contributed by atoms with Crippen molar-refractivity contribution in [2.24, 2.45) is 0 Å². The van der Waals surface area contributed by atoms with Crippen LogP contribution in [0.1, 0.15) is 5.56 Å². The average Bonchev–Trinajstić information content (AvgIpc) is 2.73. The summed E-state index contributed by atoms with van der Waals surface area (Å²) in [6.45, 7) is 1.64. The molecule has 0 radical (unpaired) electrons. The van der Waals surface area contributed by atoms with Crippen molar-refractivity contribution < 1.29 is 27.3 Å². The maximum atomic E-state index is 13.3.